The predicted octanol–water partition coefficient (Wildman–Crippen LogP) is 2.50. The summed E-state index contributed by atoms with van der Waals surface area (Å²) in [6.45, 7) is -0.549. The largest absolute Gasteiger partial charge is 0.506 e. The number of nitrogens with zero attached hydrogens (tertiary/aromatic N) is 3. The summed E-state index contributed by atoms with van der Waals surface area (Å²) in [4.78, 5) is 32.1. The van der Waals surface area contributed by atoms with Crippen molar-refractivity contribution in [3.8, 4) is 11.5 Å². The third-order valence-corrected chi connectivity index (χ3v) is 3.71. The molecule has 0 saturated carbocycles. The first kappa shape index (κ1) is 19.8. The van der Waals surface area contributed by atoms with Crippen molar-refractivity contribution in [3.63, 3.8) is 0 Å². The van der Waals surface area contributed by atoms with Crippen molar-refractivity contribution in [2.45, 2.75) is 0 Å². The van der Waals surface area contributed by atoms with Crippen molar-refractivity contribution in [1.29, 1.82) is 0 Å². The first-order chi connectivity index (χ1) is 12.8. The fraction of sp³-hybridized carbons (Fsp3) is 0.0667. The Labute approximate surface area is 159 Å². The van der Waals surface area contributed by atoms with Crippen LogP contribution < -0.4 is 10.2 Å². The molecule has 0 fully saturated rings. The van der Waals surface area contributed by atoms with Gasteiger partial charge >= 0.3 is 5.69 Å². The van der Waals surface area contributed by atoms with E-state index in [9.17, 15) is 30.1 Å². The zero-order valence-corrected chi connectivity index (χ0v) is 15.0. The standard InChI is InChI=1S/C15H11BrN4O7/c16-11-6-10(19(23)24)5-9(15(11)22)7-17-18-14(21)8-27-13-4-2-1-3-12(13)20(25)26/h1-7,22H,8H2,(H,18,21)/b17-7+. The summed E-state index contributed by atoms with van der Waals surface area (Å²) in [5.74, 6) is -1.11. The van der Waals surface area contributed by atoms with Crippen LogP contribution in [0.1, 0.15) is 5.56 Å². The van der Waals surface area contributed by atoms with Crippen molar-refractivity contribution < 1.29 is 24.5 Å². The van der Waals surface area contributed by atoms with Gasteiger partial charge in [0.1, 0.15) is 5.75 Å². The molecule has 0 saturated heterocycles. The average molecular weight is 439 g/mol. The number of hydrogen-bond acceptors (Lipinski definition) is 8. The predicted molar refractivity (Wildman–Crippen MR) is 96.8 cm³/mol. The number of para-hydroxylation sites is 2. The van der Waals surface area contributed by atoms with Gasteiger partial charge in [-0.05, 0) is 22.0 Å². The van der Waals surface area contributed by atoms with Crippen molar-refractivity contribution in [3.05, 3.63) is 66.7 Å². The third-order valence-electron chi connectivity index (χ3n) is 3.10. The lowest BCUT2D eigenvalue weighted by Gasteiger charge is -2.05. The van der Waals surface area contributed by atoms with Gasteiger partial charge in [0.25, 0.3) is 11.6 Å². The van der Waals surface area contributed by atoms with Crippen LogP contribution in [0.3, 0.4) is 0 Å². The number of hydrazone groups is 1. The molecular weight excluding hydrogens is 428 g/mol. The number of ether oxygens (including phenoxy) is 1. The molecule has 11 nitrogen and oxygen atoms in total. The van der Waals surface area contributed by atoms with Crippen LogP contribution in [-0.4, -0.2) is 33.7 Å². The summed E-state index contributed by atoms with van der Waals surface area (Å²) < 4.78 is 5.17. The van der Waals surface area contributed by atoms with E-state index in [1.807, 2.05) is 0 Å². The summed E-state index contributed by atoms with van der Waals surface area (Å²) >= 11 is 2.98. The molecule has 0 aromatic heterocycles. The Morgan fingerprint density at radius 3 is 2.63 bits per heavy atom. The Morgan fingerprint density at radius 1 is 1.26 bits per heavy atom. The van der Waals surface area contributed by atoms with Gasteiger partial charge in [0.05, 0.1) is 20.5 Å². The van der Waals surface area contributed by atoms with Crippen molar-refractivity contribution >= 4 is 39.4 Å². The van der Waals surface area contributed by atoms with Gasteiger partial charge in [0, 0.05) is 23.8 Å². The fourth-order valence-corrected chi connectivity index (χ4v) is 2.35. The van der Waals surface area contributed by atoms with Gasteiger partial charge in [-0.2, -0.15) is 5.10 Å². The maximum absolute atomic E-state index is 11.7. The van der Waals surface area contributed by atoms with Crippen LogP contribution in [-0.2, 0) is 4.79 Å². The average Bonchev–Trinajstić information content (AvgIpc) is 2.63. The molecule has 2 N–H and O–H groups in total. The summed E-state index contributed by atoms with van der Waals surface area (Å²) in [6, 6.07) is 7.73. The number of phenolic OH excluding ortho intramolecular Hbond substituents is 1. The van der Waals surface area contributed by atoms with Crippen LogP contribution in [0.15, 0.2) is 46.0 Å². The first-order valence-electron chi connectivity index (χ1n) is 7.14. The van der Waals surface area contributed by atoms with E-state index in [1.54, 1.807) is 0 Å². The number of hydrogen-bond donors (Lipinski definition) is 2. The van der Waals surface area contributed by atoms with Gasteiger partial charge in [-0.25, -0.2) is 5.43 Å². The van der Waals surface area contributed by atoms with Crippen molar-refractivity contribution in [2.75, 3.05) is 6.61 Å². The minimum absolute atomic E-state index is 0.00371. The maximum Gasteiger partial charge on any atom is 0.310 e. The Morgan fingerprint density at radius 2 is 1.96 bits per heavy atom. The number of amides is 1. The summed E-state index contributed by atoms with van der Waals surface area (Å²) in [5.41, 5.74) is 1.50. The molecule has 0 aliphatic heterocycles. The van der Waals surface area contributed by atoms with E-state index < -0.39 is 22.4 Å². The number of carbonyl (C=O) groups is 1. The van der Waals surface area contributed by atoms with Crippen molar-refractivity contribution in [1.82, 2.24) is 5.43 Å². The highest BCUT2D eigenvalue weighted by Gasteiger charge is 2.15. The number of nitro benzene ring substituents is 2. The number of carbonyl (C=O) groups excluding carboxylic acids is 1. The van der Waals surface area contributed by atoms with Crippen LogP contribution in [0.25, 0.3) is 0 Å². The van der Waals surface area contributed by atoms with Gasteiger partial charge in [-0.3, -0.25) is 25.0 Å². The number of benzene rings is 2. The minimum atomic E-state index is -0.728. The van der Waals surface area contributed by atoms with E-state index in [1.165, 1.54) is 24.3 Å². The Balaban J connectivity index is 2.00. The second kappa shape index (κ2) is 8.71. The van der Waals surface area contributed by atoms with E-state index in [-0.39, 0.29) is 32.9 Å². The van der Waals surface area contributed by atoms with Gasteiger partial charge in [0.15, 0.2) is 12.4 Å². The Kier molecular flexibility index (Phi) is 6.38. The molecule has 0 unspecified atom stereocenters. The van der Waals surface area contributed by atoms with Crippen LogP contribution in [0, 0.1) is 20.2 Å². The zero-order valence-electron chi connectivity index (χ0n) is 13.4. The van der Waals surface area contributed by atoms with Crippen LogP contribution >= 0.6 is 15.9 Å². The molecule has 2 rings (SSSR count). The van der Waals surface area contributed by atoms with Crippen molar-refractivity contribution in [2.24, 2.45) is 5.10 Å². The first-order valence-corrected chi connectivity index (χ1v) is 7.94. The summed E-state index contributed by atoms with van der Waals surface area (Å²) in [6.07, 6.45) is 1.01. The highest BCUT2D eigenvalue weighted by molar-refractivity contribution is 9.10. The molecule has 0 spiro atoms. The lowest BCUT2D eigenvalue weighted by Crippen LogP contribution is -2.24. The highest BCUT2D eigenvalue weighted by Crippen LogP contribution is 2.31. The lowest BCUT2D eigenvalue weighted by molar-refractivity contribution is -0.385. The molecule has 0 radical (unpaired) electrons. The van der Waals surface area contributed by atoms with E-state index in [2.05, 4.69) is 26.5 Å². The number of aromatic hydroxyl groups is 1. The number of rotatable bonds is 7. The molecule has 2 aromatic rings. The third kappa shape index (κ3) is 5.22. The van der Waals surface area contributed by atoms with Gasteiger partial charge in [-0.15, -0.1) is 0 Å². The van der Waals surface area contributed by atoms with E-state index in [0.717, 1.165) is 18.3 Å². The smallest absolute Gasteiger partial charge is 0.310 e. The molecule has 0 bridgehead atoms. The van der Waals surface area contributed by atoms with Gasteiger partial charge in [-0.1, -0.05) is 12.1 Å². The molecule has 0 aliphatic carbocycles. The minimum Gasteiger partial charge on any atom is -0.506 e. The maximum atomic E-state index is 11.7. The molecular formula is C15H11BrN4O7. The highest BCUT2D eigenvalue weighted by atomic mass is 79.9. The molecule has 0 aliphatic rings. The van der Waals surface area contributed by atoms with Crippen LogP contribution in [0.2, 0.25) is 0 Å². The Bertz CT molecular complexity index is 932. The zero-order chi connectivity index (χ0) is 20.0. The number of phenols is 1. The fourth-order valence-electron chi connectivity index (χ4n) is 1.89. The normalized spacial score (nSPS) is 10.6. The van der Waals surface area contributed by atoms with Gasteiger partial charge in [0.2, 0.25) is 0 Å². The number of nitrogens with one attached hydrogen (secondary N) is 1. The molecule has 0 heterocycles. The lowest BCUT2D eigenvalue weighted by atomic mass is 10.2. The molecule has 2 aromatic carbocycles. The van der Waals surface area contributed by atoms with Gasteiger partial charge < -0.3 is 9.84 Å². The molecule has 0 atom stereocenters. The van der Waals surface area contributed by atoms with E-state index in [0.29, 0.717) is 0 Å². The van der Waals surface area contributed by atoms with Crippen LogP contribution in [0.5, 0.6) is 11.5 Å². The monoisotopic (exact) mass is 438 g/mol. The molecule has 1 amide bonds. The molecule has 27 heavy (non-hydrogen) atoms. The molecule has 12 heteroatoms. The van der Waals surface area contributed by atoms with E-state index >= 15 is 0 Å². The summed E-state index contributed by atoms with van der Waals surface area (Å²) in [5, 5.41) is 35.1. The second-order valence-electron chi connectivity index (χ2n) is 4.93. The summed E-state index contributed by atoms with van der Waals surface area (Å²) in [7, 11) is 0. The number of non-ortho nitro benzene ring substituents is 1. The number of nitro groups is 2. The molecule has 140 valence electrons. The Hall–Kier alpha value is -3.54. The topological polar surface area (TPSA) is 157 Å². The van der Waals surface area contributed by atoms with E-state index in [4.69, 9.17) is 4.74 Å². The second-order valence-corrected chi connectivity index (χ2v) is 5.78. The van der Waals surface area contributed by atoms with Crippen LogP contribution in [0.4, 0.5) is 11.4 Å². The number of halogens is 1. The quantitative estimate of drug-likeness (QED) is 0.381. The SMILES string of the molecule is O=C(COc1ccccc1[N+](=O)[O-])N/N=C/c1cc([N+](=O)[O-])cc(Br)c1O.